The van der Waals surface area contributed by atoms with Gasteiger partial charge in [-0.1, -0.05) is 24.3 Å². The average molecular weight is 385 g/mol. The third-order valence-electron chi connectivity index (χ3n) is 4.88. The van der Waals surface area contributed by atoms with Crippen LogP contribution in [0.2, 0.25) is 0 Å². The van der Waals surface area contributed by atoms with Gasteiger partial charge in [-0.25, -0.2) is 4.39 Å². The Morgan fingerprint density at radius 1 is 1.21 bits per heavy atom. The smallest absolute Gasteiger partial charge is 0.262 e. The van der Waals surface area contributed by atoms with E-state index in [0.717, 1.165) is 6.42 Å². The second-order valence-corrected chi connectivity index (χ2v) is 6.96. The molecule has 6 nitrogen and oxygen atoms in total. The zero-order chi connectivity index (χ0) is 20.1. The third kappa shape index (κ3) is 4.48. The molecule has 0 radical (unpaired) electrons. The van der Waals surface area contributed by atoms with Crippen LogP contribution in [0.5, 0.6) is 5.75 Å². The van der Waals surface area contributed by atoms with Gasteiger partial charge in [-0.3, -0.25) is 9.59 Å². The van der Waals surface area contributed by atoms with Crippen molar-refractivity contribution < 1.29 is 18.7 Å². The van der Waals surface area contributed by atoms with Gasteiger partial charge in [0.1, 0.15) is 11.6 Å². The second-order valence-electron chi connectivity index (χ2n) is 6.96. The fraction of sp³-hybridized carbons (Fsp3) is 0.333. The summed E-state index contributed by atoms with van der Waals surface area (Å²) in [7, 11) is 0. The first kappa shape index (κ1) is 19.8. The molecule has 0 aliphatic carbocycles. The van der Waals surface area contributed by atoms with Gasteiger partial charge in [0.05, 0.1) is 11.3 Å². The quantitative estimate of drug-likeness (QED) is 0.801. The number of halogens is 1. The van der Waals surface area contributed by atoms with Gasteiger partial charge in [-0.2, -0.15) is 0 Å². The van der Waals surface area contributed by atoms with E-state index in [0.29, 0.717) is 30.3 Å². The van der Waals surface area contributed by atoms with Crippen LogP contribution in [0.25, 0.3) is 0 Å². The lowest BCUT2D eigenvalue weighted by atomic mass is 10.1. The van der Waals surface area contributed by atoms with Crippen LogP contribution in [0, 0.1) is 11.7 Å². The number of likely N-dealkylation sites (tertiary alicyclic amines) is 1. The molecule has 28 heavy (non-hydrogen) atoms. The van der Waals surface area contributed by atoms with Crippen LogP contribution in [-0.2, 0) is 4.79 Å². The lowest BCUT2D eigenvalue weighted by Crippen LogP contribution is -2.34. The van der Waals surface area contributed by atoms with E-state index in [9.17, 15) is 14.0 Å². The summed E-state index contributed by atoms with van der Waals surface area (Å²) >= 11 is 0. The van der Waals surface area contributed by atoms with E-state index >= 15 is 0 Å². The molecule has 3 N–H and O–H groups in total. The highest BCUT2D eigenvalue weighted by molar-refractivity contribution is 5.97. The molecule has 2 aromatic rings. The van der Waals surface area contributed by atoms with E-state index in [-0.39, 0.29) is 24.2 Å². The minimum absolute atomic E-state index is 0.0826. The number of carbonyl (C=O) groups is 2. The topological polar surface area (TPSA) is 84.7 Å². The third-order valence-corrected chi connectivity index (χ3v) is 4.88. The molecule has 7 heteroatoms. The van der Waals surface area contributed by atoms with Crippen LogP contribution in [0.3, 0.4) is 0 Å². The van der Waals surface area contributed by atoms with Gasteiger partial charge in [0, 0.05) is 12.6 Å². The summed E-state index contributed by atoms with van der Waals surface area (Å²) in [6.45, 7) is 2.82. The summed E-state index contributed by atoms with van der Waals surface area (Å²) in [5.74, 6) is -0.569. The molecule has 1 fully saturated rings. The number of rotatable bonds is 6. The monoisotopic (exact) mass is 385 g/mol. The Balaban J connectivity index is 1.66. The predicted molar refractivity (Wildman–Crippen MR) is 105 cm³/mol. The molecule has 148 valence electrons. The number of para-hydroxylation sites is 2. The van der Waals surface area contributed by atoms with Crippen LogP contribution in [0.4, 0.5) is 10.1 Å². The Kier molecular flexibility index (Phi) is 6.26. The molecule has 2 atom stereocenters. The molecule has 3 rings (SSSR count). The van der Waals surface area contributed by atoms with Gasteiger partial charge in [-0.15, -0.1) is 0 Å². The first-order valence-electron chi connectivity index (χ1n) is 9.26. The highest BCUT2D eigenvalue weighted by atomic mass is 19.1. The van der Waals surface area contributed by atoms with E-state index in [2.05, 4.69) is 5.32 Å². The van der Waals surface area contributed by atoms with E-state index in [1.807, 2.05) is 6.92 Å². The van der Waals surface area contributed by atoms with Crippen molar-refractivity contribution in [1.29, 1.82) is 0 Å². The summed E-state index contributed by atoms with van der Waals surface area (Å²) in [4.78, 5) is 26.9. The number of nitrogens with one attached hydrogen (secondary N) is 1. The zero-order valence-corrected chi connectivity index (χ0v) is 15.7. The number of hydrogen-bond donors (Lipinski definition) is 2. The van der Waals surface area contributed by atoms with E-state index < -0.39 is 11.7 Å². The fourth-order valence-corrected chi connectivity index (χ4v) is 3.41. The lowest BCUT2D eigenvalue weighted by molar-refractivity contribution is -0.118. The van der Waals surface area contributed by atoms with Crippen molar-refractivity contribution in [2.45, 2.75) is 19.4 Å². The van der Waals surface area contributed by atoms with Crippen LogP contribution in [0.15, 0.2) is 48.5 Å². The average Bonchev–Trinajstić information content (AvgIpc) is 3.08. The van der Waals surface area contributed by atoms with Crippen LogP contribution in [-0.4, -0.2) is 42.5 Å². The fourth-order valence-electron chi connectivity index (χ4n) is 3.41. The molecule has 1 aliphatic rings. The Hall–Kier alpha value is -2.93. The van der Waals surface area contributed by atoms with Crippen LogP contribution in [0.1, 0.15) is 23.7 Å². The normalized spacial score (nSPS) is 18.8. The van der Waals surface area contributed by atoms with Gasteiger partial charge < -0.3 is 20.7 Å². The summed E-state index contributed by atoms with van der Waals surface area (Å²) in [6, 6.07) is 12.8. The highest BCUT2D eigenvalue weighted by Crippen LogP contribution is 2.27. The first-order chi connectivity index (χ1) is 13.5. The van der Waals surface area contributed by atoms with Crippen molar-refractivity contribution in [2.75, 3.05) is 25.0 Å². The second kappa shape index (κ2) is 8.84. The van der Waals surface area contributed by atoms with Crippen molar-refractivity contribution in [3.05, 3.63) is 59.9 Å². The number of amides is 2. The molecule has 0 saturated carbocycles. The van der Waals surface area contributed by atoms with E-state index in [1.165, 1.54) is 18.2 Å². The maximum atomic E-state index is 13.6. The number of benzene rings is 2. The van der Waals surface area contributed by atoms with Crippen molar-refractivity contribution in [3.8, 4) is 5.75 Å². The highest BCUT2D eigenvalue weighted by Gasteiger charge is 2.33. The van der Waals surface area contributed by atoms with Crippen LogP contribution >= 0.6 is 0 Å². The molecule has 1 aliphatic heterocycles. The SMILES string of the molecule is CC1CC(CN)CN1C(=O)c1ccccc1OCC(=O)Nc1ccccc1F. The Bertz CT molecular complexity index is 858. The molecular weight excluding hydrogens is 361 g/mol. The van der Waals surface area contributed by atoms with Crippen molar-refractivity contribution in [2.24, 2.45) is 11.7 Å². The number of ether oxygens (including phenoxy) is 1. The van der Waals surface area contributed by atoms with Gasteiger partial charge in [0.15, 0.2) is 6.61 Å². The van der Waals surface area contributed by atoms with Gasteiger partial charge >= 0.3 is 0 Å². The maximum absolute atomic E-state index is 13.6. The summed E-state index contributed by atoms with van der Waals surface area (Å²) in [5, 5.41) is 2.46. The van der Waals surface area contributed by atoms with Crippen molar-refractivity contribution in [3.63, 3.8) is 0 Å². The summed E-state index contributed by atoms with van der Waals surface area (Å²) in [6.07, 6.45) is 0.871. The number of nitrogens with two attached hydrogens (primary N) is 1. The molecule has 2 unspecified atom stereocenters. The minimum Gasteiger partial charge on any atom is -0.483 e. The van der Waals surface area contributed by atoms with Crippen LogP contribution < -0.4 is 15.8 Å². The number of anilines is 1. The molecular formula is C21H24FN3O3. The zero-order valence-electron chi connectivity index (χ0n) is 15.7. The standard InChI is InChI=1S/C21H24FN3O3/c1-14-10-15(11-23)12-25(14)21(27)16-6-2-5-9-19(16)28-13-20(26)24-18-8-4-3-7-17(18)22/h2-9,14-15H,10-13,23H2,1H3,(H,24,26). The maximum Gasteiger partial charge on any atom is 0.262 e. The van der Waals surface area contributed by atoms with Gasteiger partial charge in [0.25, 0.3) is 11.8 Å². The van der Waals surface area contributed by atoms with Gasteiger partial charge in [0.2, 0.25) is 0 Å². The molecule has 2 aromatic carbocycles. The Morgan fingerprint density at radius 2 is 1.93 bits per heavy atom. The molecule has 1 heterocycles. The number of nitrogens with zero attached hydrogens (tertiary/aromatic N) is 1. The number of hydrogen-bond acceptors (Lipinski definition) is 4. The predicted octanol–water partition coefficient (Wildman–Crippen LogP) is 2.65. The van der Waals surface area contributed by atoms with E-state index in [4.69, 9.17) is 10.5 Å². The lowest BCUT2D eigenvalue weighted by Gasteiger charge is -2.23. The Labute approximate surface area is 163 Å². The summed E-state index contributed by atoms with van der Waals surface area (Å²) < 4.78 is 19.2. The molecule has 0 spiro atoms. The molecule has 1 saturated heterocycles. The molecule has 2 amide bonds. The van der Waals surface area contributed by atoms with E-state index in [1.54, 1.807) is 35.2 Å². The summed E-state index contributed by atoms with van der Waals surface area (Å²) in [5.41, 5.74) is 6.22. The first-order valence-corrected chi connectivity index (χ1v) is 9.26. The minimum atomic E-state index is -0.524. The van der Waals surface area contributed by atoms with Gasteiger partial charge in [-0.05, 0) is 50.1 Å². The molecule has 0 bridgehead atoms. The number of carbonyl (C=O) groups excluding carboxylic acids is 2. The Morgan fingerprint density at radius 3 is 2.64 bits per heavy atom. The van der Waals surface area contributed by atoms with Crippen molar-refractivity contribution in [1.82, 2.24) is 4.90 Å². The largest absolute Gasteiger partial charge is 0.483 e. The van der Waals surface area contributed by atoms with Crippen molar-refractivity contribution >= 4 is 17.5 Å². The molecule has 0 aromatic heterocycles.